The molecule has 0 bridgehead atoms. The molecule has 0 fully saturated rings. The van der Waals surface area contributed by atoms with Gasteiger partial charge in [-0.05, 0) is 25.1 Å². The maximum absolute atomic E-state index is 12.9. The van der Waals surface area contributed by atoms with Crippen molar-refractivity contribution in [1.82, 2.24) is 10.2 Å². The summed E-state index contributed by atoms with van der Waals surface area (Å²) in [6, 6.07) is 6.23. The molecule has 0 radical (unpaired) electrons. The summed E-state index contributed by atoms with van der Waals surface area (Å²) in [6.45, 7) is 1.70. The number of halogens is 3. The summed E-state index contributed by atoms with van der Waals surface area (Å²) in [5, 5.41) is 14.9. The summed E-state index contributed by atoms with van der Waals surface area (Å²) in [5.41, 5.74) is -0.428. The van der Waals surface area contributed by atoms with Crippen LogP contribution in [0.2, 0.25) is 0 Å². The van der Waals surface area contributed by atoms with Crippen molar-refractivity contribution >= 4 is 0 Å². The van der Waals surface area contributed by atoms with Gasteiger partial charge in [-0.1, -0.05) is 0 Å². The van der Waals surface area contributed by atoms with Gasteiger partial charge in [0.15, 0.2) is 0 Å². The SMILES string of the molecule is Cc1cc(Oc2ccc(C#N)cc2C(F)(F)F)n[nH]1. The van der Waals surface area contributed by atoms with Gasteiger partial charge in [0.25, 0.3) is 0 Å². The first-order valence-electron chi connectivity index (χ1n) is 5.21. The molecular weight excluding hydrogens is 259 g/mol. The highest BCUT2D eigenvalue weighted by Gasteiger charge is 2.35. The Morgan fingerprint density at radius 2 is 2.05 bits per heavy atom. The molecule has 4 nitrogen and oxygen atoms in total. The number of ether oxygens (including phenoxy) is 1. The largest absolute Gasteiger partial charge is 0.437 e. The number of benzene rings is 1. The molecule has 0 aliphatic rings. The highest BCUT2D eigenvalue weighted by atomic mass is 19.4. The van der Waals surface area contributed by atoms with Gasteiger partial charge in [0.1, 0.15) is 5.75 Å². The molecule has 0 aliphatic carbocycles. The third-order valence-corrected chi connectivity index (χ3v) is 2.31. The number of hydrogen-bond donors (Lipinski definition) is 1. The number of alkyl halides is 3. The van der Waals surface area contributed by atoms with Gasteiger partial charge in [-0.25, -0.2) is 0 Å². The van der Waals surface area contributed by atoms with Crippen molar-refractivity contribution in [3.63, 3.8) is 0 Å². The van der Waals surface area contributed by atoms with Gasteiger partial charge in [0.2, 0.25) is 5.88 Å². The van der Waals surface area contributed by atoms with Crippen LogP contribution in [-0.2, 0) is 6.18 Å². The Bertz CT molecular complexity index is 640. The molecule has 0 spiro atoms. The summed E-state index contributed by atoms with van der Waals surface area (Å²) in [4.78, 5) is 0. The fourth-order valence-corrected chi connectivity index (χ4v) is 1.47. The Morgan fingerprint density at radius 3 is 2.58 bits per heavy atom. The minimum Gasteiger partial charge on any atom is -0.437 e. The van der Waals surface area contributed by atoms with E-state index in [-0.39, 0.29) is 11.4 Å². The molecular formula is C12H8F3N3O. The Balaban J connectivity index is 2.42. The summed E-state index contributed by atoms with van der Waals surface area (Å²) >= 11 is 0. The van der Waals surface area contributed by atoms with Gasteiger partial charge >= 0.3 is 6.18 Å². The van der Waals surface area contributed by atoms with E-state index in [4.69, 9.17) is 10.00 Å². The number of hydrogen-bond acceptors (Lipinski definition) is 3. The van der Waals surface area contributed by atoms with Crippen LogP contribution in [0.1, 0.15) is 16.8 Å². The lowest BCUT2D eigenvalue weighted by molar-refractivity contribution is -0.138. The zero-order valence-electron chi connectivity index (χ0n) is 9.75. The lowest BCUT2D eigenvalue weighted by Crippen LogP contribution is -2.07. The lowest BCUT2D eigenvalue weighted by Gasteiger charge is -2.12. The molecule has 1 N–H and O–H groups in total. The third-order valence-electron chi connectivity index (χ3n) is 2.31. The van der Waals surface area contributed by atoms with Crippen molar-refractivity contribution in [1.29, 1.82) is 5.26 Å². The first kappa shape index (κ1) is 13.0. The zero-order valence-corrected chi connectivity index (χ0v) is 9.75. The number of nitriles is 1. The molecule has 1 aromatic carbocycles. The molecule has 7 heteroatoms. The van der Waals surface area contributed by atoms with Crippen LogP contribution in [0.15, 0.2) is 24.3 Å². The average Bonchev–Trinajstić information content (AvgIpc) is 2.74. The number of H-pyrrole nitrogens is 1. The fourth-order valence-electron chi connectivity index (χ4n) is 1.47. The highest BCUT2D eigenvalue weighted by molar-refractivity contribution is 5.44. The van der Waals surface area contributed by atoms with Gasteiger partial charge in [-0.2, -0.15) is 18.4 Å². The standard InChI is InChI=1S/C12H8F3N3O/c1-7-4-11(18-17-7)19-10-3-2-8(6-16)5-9(10)12(13,14)15/h2-5H,1H3,(H,17,18). The molecule has 19 heavy (non-hydrogen) atoms. The van der Waals surface area contributed by atoms with Crippen LogP contribution in [0.3, 0.4) is 0 Å². The van der Waals surface area contributed by atoms with E-state index < -0.39 is 17.5 Å². The van der Waals surface area contributed by atoms with E-state index in [1.54, 1.807) is 13.0 Å². The van der Waals surface area contributed by atoms with Crippen LogP contribution in [-0.4, -0.2) is 10.2 Å². The number of nitrogens with zero attached hydrogens (tertiary/aromatic N) is 2. The van der Waals surface area contributed by atoms with Crippen molar-refractivity contribution in [3.8, 4) is 17.7 Å². The third kappa shape index (κ3) is 2.85. The molecule has 0 amide bonds. The normalized spacial score (nSPS) is 11.1. The van der Waals surface area contributed by atoms with Crippen LogP contribution >= 0.6 is 0 Å². The van der Waals surface area contributed by atoms with Crippen molar-refractivity contribution in [2.24, 2.45) is 0 Å². The number of nitrogens with one attached hydrogen (secondary N) is 1. The van der Waals surface area contributed by atoms with Crippen LogP contribution < -0.4 is 4.74 Å². The topological polar surface area (TPSA) is 61.7 Å². The van der Waals surface area contributed by atoms with Crippen molar-refractivity contribution < 1.29 is 17.9 Å². The molecule has 0 atom stereocenters. The minimum absolute atomic E-state index is 0.0349. The minimum atomic E-state index is -4.60. The van der Waals surface area contributed by atoms with Crippen molar-refractivity contribution in [3.05, 3.63) is 41.1 Å². The second kappa shape index (κ2) is 4.65. The summed E-state index contributed by atoms with van der Waals surface area (Å²) in [6.07, 6.45) is -4.60. The number of aromatic amines is 1. The summed E-state index contributed by atoms with van der Waals surface area (Å²) in [5.74, 6) is -0.356. The number of rotatable bonds is 2. The molecule has 1 aromatic heterocycles. The molecule has 0 saturated heterocycles. The van der Waals surface area contributed by atoms with Crippen LogP contribution in [0, 0.1) is 18.3 Å². The highest BCUT2D eigenvalue weighted by Crippen LogP contribution is 2.38. The van der Waals surface area contributed by atoms with Gasteiger partial charge in [-0.15, -0.1) is 5.10 Å². The predicted molar refractivity (Wildman–Crippen MR) is 59.6 cm³/mol. The fraction of sp³-hybridized carbons (Fsp3) is 0.167. The molecule has 2 rings (SSSR count). The first-order chi connectivity index (χ1) is 8.90. The number of aryl methyl sites for hydroxylation is 1. The van der Waals surface area contributed by atoms with Crippen molar-refractivity contribution in [2.45, 2.75) is 13.1 Å². The molecule has 2 aromatic rings. The van der Waals surface area contributed by atoms with Gasteiger partial charge in [0, 0.05) is 11.8 Å². The Morgan fingerprint density at radius 1 is 1.32 bits per heavy atom. The van der Waals surface area contributed by atoms with E-state index in [9.17, 15) is 13.2 Å². The lowest BCUT2D eigenvalue weighted by atomic mass is 10.1. The van der Waals surface area contributed by atoms with Gasteiger partial charge < -0.3 is 4.74 Å². The summed E-state index contributed by atoms with van der Waals surface area (Å²) < 4.78 is 43.6. The molecule has 0 aliphatic heterocycles. The van der Waals surface area contributed by atoms with E-state index in [2.05, 4.69) is 10.2 Å². The smallest absolute Gasteiger partial charge is 0.420 e. The van der Waals surface area contributed by atoms with E-state index >= 15 is 0 Å². The Labute approximate surface area is 106 Å². The molecule has 0 saturated carbocycles. The van der Waals surface area contributed by atoms with Crippen LogP contribution in [0.4, 0.5) is 13.2 Å². The van der Waals surface area contributed by atoms with Crippen LogP contribution in [0.25, 0.3) is 0 Å². The van der Waals surface area contributed by atoms with E-state index in [0.717, 1.165) is 12.1 Å². The second-order valence-electron chi connectivity index (χ2n) is 3.81. The maximum Gasteiger partial charge on any atom is 0.420 e. The zero-order chi connectivity index (χ0) is 14.0. The molecule has 98 valence electrons. The van der Waals surface area contributed by atoms with Gasteiger partial charge in [-0.3, -0.25) is 5.10 Å². The first-order valence-corrected chi connectivity index (χ1v) is 5.21. The maximum atomic E-state index is 12.9. The van der Waals surface area contributed by atoms with E-state index in [1.807, 2.05) is 0 Å². The van der Waals surface area contributed by atoms with Crippen LogP contribution in [0.5, 0.6) is 11.6 Å². The molecule has 1 heterocycles. The monoisotopic (exact) mass is 267 g/mol. The van der Waals surface area contributed by atoms with E-state index in [0.29, 0.717) is 5.69 Å². The Kier molecular flexibility index (Phi) is 3.17. The summed E-state index contributed by atoms with van der Waals surface area (Å²) in [7, 11) is 0. The van der Waals surface area contributed by atoms with Crippen molar-refractivity contribution in [2.75, 3.05) is 0 Å². The predicted octanol–water partition coefficient (Wildman–Crippen LogP) is 3.40. The van der Waals surface area contributed by atoms with Gasteiger partial charge in [0.05, 0.1) is 17.2 Å². The second-order valence-corrected chi connectivity index (χ2v) is 3.81. The molecule has 0 unspecified atom stereocenters. The number of aromatic nitrogens is 2. The quantitative estimate of drug-likeness (QED) is 0.907. The average molecular weight is 267 g/mol. The van der Waals surface area contributed by atoms with E-state index in [1.165, 1.54) is 12.1 Å². The Hall–Kier alpha value is -2.49.